The molecule has 6 nitrogen and oxygen atoms in total. The molecule has 1 N–H and O–H groups in total. The molecule has 2 aromatic heterocycles. The summed E-state index contributed by atoms with van der Waals surface area (Å²) in [7, 11) is 0. The van der Waals surface area contributed by atoms with Crippen LogP contribution >= 0.6 is 0 Å². The summed E-state index contributed by atoms with van der Waals surface area (Å²) in [6.07, 6.45) is 2.92. The molecule has 3 aromatic rings. The van der Waals surface area contributed by atoms with Crippen LogP contribution in [0.4, 0.5) is 24.7 Å². The lowest BCUT2D eigenvalue weighted by atomic mass is 9.85. The Kier molecular flexibility index (Phi) is 5.19. The Bertz CT molecular complexity index is 1210. The van der Waals surface area contributed by atoms with Gasteiger partial charge in [-0.1, -0.05) is 18.2 Å². The number of rotatable bonds is 5. The summed E-state index contributed by atoms with van der Waals surface area (Å²) in [5.74, 6) is -3.75. The first-order valence-corrected chi connectivity index (χ1v) is 11.1. The molecule has 9 heteroatoms. The predicted molar refractivity (Wildman–Crippen MR) is 120 cm³/mol. The highest BCUT2D eigenvalue weighted by atomic mass is 19.3. The molecule has 0 unspecified atom stereocenters. The number of nitrogens with one attached hydrogen (secondary N) is 1. The smallest absolute Gasteiger partial charge is 0.273 e. The molecule has 1 spiro atoms. The first-order chi connectivity index (χ1) is 15.7. The normalized spacial score (nSPS) is 18.5. The van der Waals surface area contributed by atoms with Crippen molar-refractivity contribution < 1.29 is 17.9 Å². The molecule has 0 aliphatic carbocycles. The number of aromatic nitrogens is 3. The van der Waals surface area contributed by atoms with Gasteiger partial charge >= 0.3 is 0 Å². The van der Waals surface area contributed by atoms with Gasteiger partial charge in [-0.05, 0) is 26.3 Å². The van der Waals surface area contributed by atoms with Gasteiger partial charge in [-0.15, -0.1) is 5.10 Å². The molecule has 174 valence electrons. The van der Waals surface area contributed by atoms with Crippen molar-refractivity contribution in [3.8, 4) is 0 Å². The van der Waals surface area contributed by atoms with Crippen molar-refractivity contribution >= 4 is 22.4 Å². The summed E-state index contributed by atoms with van der Waals surface area (Å²) >= 11 is 0. The standard InChI is InChI=1S/C24H26F3N5O/c1-14(17-5-4-6-19(20(17)25)23(3,26)27)29-22-18-9-16(10-28-21(18)15(2)30-31-22)32-8-7-24(11-32)12-33-13-24/h4-6,9-10,14H,7-8,11-13H2,1-3H3,(H,29,31)/t14-/m1/s1. The Labute approximate surface area is 190 Å². The maximum Gasteiger partial charge on any atom is 0.273 e. The number of aryl methyl sites for hydroxylation is 1. The molecule has 33 heavy (non-hydrogen) atoms. The summed E-state index contributed by atoms with van der Waals surface area (Å²) in [6, 6.07) is 5.46. The zero-order valence-corrected chi connectivity index (χ0v) is 18.8. The van der Waals surface area contributed by atoms with E-state index in [0.717, 1.165) is 49.9 Å². The molecule has 0 amide bonds. The topological polar surface area (TPSA) is 63.2 Å². The number of hydrogen-bond donors (Lipinski definition) is 1. The minimum absolute atomic E-state index is 0.139. The van der Waals surface area contributed by atoms with Crippen molar-refractivity contribution in [2.45, 2.75) is 39.2 Å². The molecule has 2 saturated heterocycles. The highest BCUT2D eigenvalue weighted by Gasteiger charge is 2.44. The average molecular weight is 458 g/mol. The third-order valence-electron chi connectivity index (χ3n) is 6.71. The van der Waals surface area contributed by atoms with Crippen LogP contribution in [0.15, 0.2) is 30.5 Å². The van der Waals surface area contributed by atoms with E-state index < -0.39 is 23.3 Å². The van der Waals surface area contributed by atoms with Gasteiger partial charge in [-0.3, -0.25) is 4.98 Å². The van der Waals surface area contributed by atoms with Gasteiger partial charge in [0.2, 0.25) is 0 Å². The van der Waals surface area contributed by atoms with Crippen LogP contribution < -0.4 is 10.2 Å². The van der Waals surface area contributed by atoms with E-state index in [2.05, 4.69) is 25.4 Å². The van der Waals surface area contributed by atoms with E-state index in [9.17, 15) is 13.2 Å². The van der Waals surface area contributed by atoms with Crippen LogP contribution in [0, 0.1) is 18.2 Å². The van der Waals surface area contributed by atoms with E-state index in [1.165, 1.54) is 12.1 Å². The molecule has 2 fully saturated rings. The lowest BCUT2D eigenvalue weighted by molar-refractivity contribution is -0.0985. The molecule has 0 radical (unpaired) electrons. The molecule has 0 bridgehead atoms. The maximum atomic E-state index is 14.9. The second kappa shape index (κ2) is 7.83. The Morgan fingerprint density at radius 1 is 1.24 bits per heavy atom. The highest BCUT2D eigenvalue weighted by molar-refractivity contribution is 5.92. The largest absolute Gasteiger partial charge is 0.380 e. The van der Waals surface area contributed by atoms with Gasteiger partial charge in [0.05, 0.1) is 47.9 Å². The Balaban J connectivity index is 1.48. The van der Waals surface area contributed by atoms with Crippen molar-refractivity contribution in [3.63, 3.8) is 0 Å². The molecular formula is C24H26F3N5O. The number of halogens is 3. The summed E-state index contributed by atoms with van der Waals surface area (Å²) in [5.41, 5.74) is 2.10. The quantitative estimate of drug-likeness (QED) is 0.583. The lowest BCUT2D eigenvalue weighted by Gasteiger charge is -2.37. The fourth-order valence-corrected chi connectivity index (χ4v) is 4.72. The van der Waals surface area contributed by atoms with Crippen LogP contribution in [0.1, 0.15) is 43.1 Å². The van der Waals surface area contributed by atoms with E-state index in [-0.39, 0.29) is 11.0 Å². The van der Waals surface area contributed by atoms with Crippen molar-refractivity contribution in [2.75, 3.05) is 36.5 Å². The number of hydrogen-bond acceptors (Lipinski definition) is 6. The monoisotopic (exact) mass is 457 g/mol. The van der Waals surface area contributed by atoms with Crippen molar-refractivity contribution in [3.05, 3.63) is 53.1 Å². The number of benzene rings is 1. The lowest BCUT2D eigenvalue weighted by Crippen LogP contribution is -2.44. The van der Waals surface area contributed by atoms with Crippen molar-refractivity contribution in [2.24, 2.45) is 5.41 Å². The third kappa shape index (κ3) is 3.88. The van der Waals surface area contributed by atoms with Gasteiger partial charge in [-0.2, -0.15) is 5.10 Å². The average Bonchev–Trinajstić information content (AvgIpc) is 3.21. The fourth-order valence-electron chi connectivity index (χ4n) is 4.72. The van der Waals surface area contributed by atoms with Crippen molar-refractivity contribution in [1.82, 2.24) is 15.2 Å². The molecule has 1 atom stereocenters. The molecular weight excluding hydrogens is 431 g/mol. The summed E-state index contributed by atoms with van der Waals surface area (Å²) in [6.45, 7) is 7.66. The molecule has 0 saturated carbocycles. The van der Waals surface area contributed by atoms with Gasteiger partial charge in [-0.25, -0.2) is 13.2 Å². The molecule has 5 rings (SSSR count). The summed E-state index contributed by atoms with van der Waals surface area (Å²) in [4.78, 5) is 6.93. The number of nitrogens with zero attached hydrogens (tertiary/aromatic N) is 4. The number of anilines is 2. The van der Waals surface area contributed by atoms with E-state index >= 15 is 0 Å². The van der Waals surface area contributed by atoms with E-state index in [4.69, 9.17) is 4.74 Å². The van der Waals surface area contributed by atoms with Crippen LogP contribution in [-0.2, 0) is 10.7 Å². The van der Waals surface area contributed by atoms with Crippen LogP contribution in [0.2, 0.25) is 0 Å². The zero-order valence-electron chi connectivity index (χ0n) is 18.8. The number of pyridine rings is 1. The molecule has 2 aliphatic heterocycles. The number of fused-ring (bicyclic) bond motifs is 1. The van der Waals surface area contributed by atoms with Crippen LogP contribution in [-0.4, -0.2) is 41.5 Å². The zero-order chi connectivity index (χ0) is 23.4. The molecule has 1 aromatic carbocycles. The summed E-state index contributed by atoms with van der Waals surface area (Å²) < 4.78 is 47.9. The minimum Gasteiger partial charge on any atom is -0.380 e. The second-order valence-electron chi connectivity index (χ2n) is 9.35. The SMILES string of the molecule is Cc1nnc(N[C@H](C)c2cccc(C(C)(F)F)c2F)c2cc(N3CCC4(COC4)C3)cnc12. The van der Waals surface area contributed by atoms with E-state index in [1.807, 2.05) is 19.2 Å². The first-order valence-electron chi connectivity index (χ1n) is 11.1. The third-order valence-corrected chi connectivity index (χ3v) is 6.71. The van der Waals surface area contributed by atoms with Crippen LogP contribution in [0.25, 0.3) is 10.9 Å². The first kappa shape index (κ1) is 21.9. The second-order valence-corrected chi connectivity index (χ2v) is 9.35. The van der Waals surface area contributed by atoms with Crippen LogP contribution in [0.5, 0.6) is 0 Å². The fraction of sp³-hybridized carbons (Fsp3) is 0.458. The Morgan fingerprint density at radius 2 is 2.03 bits per heavy atom. The van der Waals surface area contributed by atoms with E-state index in [1.54, 1.807) is 6.92 Å². The van der Waals surface area contributed by atoms with Gasteiger partial charge in [0.15, 0.2) is 5.82 Å². The van der Waals surface area contributed by atoms with Crippen LogP contribution in [0.3, 0.4) is 0 Å². The molecule has 2 aliphatic rings. The van der Waals surface area contributed by atoms with Gasteiger partial charge in [0, 0.05) is 36.4 Å². The number of ether oxygens (including phenoxy) is 1. The molecule has 4 heterocycles. The van der Waals surface area contributed by atoms with E-state index in [0.29, 0.717) is 24.0 Å². The minimum atomic E-state index is -3.27. The Morgan fingerprint density at radius 3 is 2.70 bits per heavy atom. The van der Waals surface area contributed by atoms with Gasteiger partial charge < -0.3 is 15.0 Å². The Hall–Kier alpha value is -2.94. The van der Waals surface area contributed by atoms with Gasteiger partial charge in [0.1, 0.15) is 5.82 Å². The van der Waals surface area contributed by atoms with Gasteiger partial charge in [0.25, 0.3) is 5.92 Å². The predicted octanol–water partition coefficient (Wildman–Crippen LogP) is 4.98. The highest BCUT2D eigenvalue weighted by Crippen LogP contribution is 2.40. The van der Waals surface area contributed by atoms with Crippen molar-refractivity contribution in [1.29, 1.82) is 0 Å². The number of alkyl halides is 2. The maximum absolute atomic E-state index is 14.9. The summed E-state index contributed by atoms with van der Waals surface area (Å²) in [5, 5.41) is 12.4.